The fraction of sp³-hybridized carbons (Fsp3) is 0.350. The summed E-state index contributed by atoms with van der Waals surface area (Å²) in [6, 6.07) is 11.3. The van der Waals surface area contributed by atoms with Crippen LogP contribution in [0.15, 0.2) is 46.6 Å². The smallest absolute Gasteiger partial charge is 0.261 e. The predicted molar refractivity (Wildman–Crippen MR) is 105 cm³/mol. The molecule has 0 saturated heterocycles. The van der Waals surface area contributed by atoms with Gasteiger partial charge in [0.05, 0.1) is 16.9 Å². The molecule has 6 heteroatoms. The minimum atomic E-state index is -0.0790. The summed E-state index contributed by atoms with van der Waals surface area (Å²) in [6.45, 7) is 4.19. The van der Waals surface area contributed by atoms with E-state index in [4.69, 9.17) is 0 Å². The first kappa shape index (κ1) is 18.3. The Kier molecular flexibility index (Phi) is 5.52. The summed E-state index contributed by atoms with van der Waals surface area (Å²) in [7, 11) is 1.71. The summed E-state index contributed by atoms with van der Waals surface area (Å²) in [6.07, 6.45) is 0.727. The molecule has 0 spiro atoms. The van der Waals surface area contributed by atoms with Crippen LogP contribution in [0.4, 0.5) is 0 Å². The maximum Gasteiger partial charge on any atom is 0.261 e. The van der Waals surface area contributed by atoms with Gasteiger partial charge in [0, 0.05) is 24.8 Å². The zero-order valence-corrected chi connectivity index (χ0v) is 16.0. The van der Waals surface area contributed by atoms with Gasteiger partial charge in [0.2, 0.25) is 5.91 Å². The van der Waals surface area contributed by atoms with Gasteiger partial charge >= 0.3 is 0 Å². The van der Waals surface area contributed by atoms with Crippen molar-refractivity contribution in [2.75, 3.05) is 0 Å². The molecular weight excluding hydrogens is 346 g/mol. The molecule has 0 aliphatic rings. The van der Waals surface area contributed by atoms with Crippen LogP contribution in [0, 0.1) is 5.92 Å². The molecule has 2 aromatic heterocycles. The highest BCUT2D eigenvalue weighted by Crippen LogP contribution is 2.25. The Bertz CT molecular complexity index is 961. The van der Waals surface area contributed by atoms with Crippen molar-refractivity contribution in [1.29, 1.82) is 0 Å². The highest BCUT2D eigenvalue weighted by molar-refractivity contribution is 7.10. The molecule has 0 radical (unpaired) electrons. The first-order valence-electron chi connectivity index (χ1n) is 8.74. The number of rotatable bonds is 6. The molecule has 0 bridgehead atoms. The second-order valence-corrected chi connectivity index (χ2v) is 7.69. The van der Waals surface area contributed by atoms with E-state index in [0.29, 0.717) is 35.5 Å². The second-order valence-electron chi connectivity index (χ2n) is 6.71. The number of nitrogens with one attached hydrogen (secondary N) is 1. The Hall–Kier alpha value is -2.47. The van der Waals surface area contributed by atoms with E-state index in [1.807, 2.05) is 35.7 Å². The minimum absolute atomic E-state index is 0.0101. The third kappa shape index (κ3) is 3.85. The second kappa shape index (κ2) is 7.83. The number of aryl methyl sites for hydroxylation is 1. The maximum absolute atomic E-state index is 12.5. The summed E-state index contributed by atoms with van der Waals surface area (Å²) >= 11 is 1.65. The van der Waals surface area contributed by atoms with Crippen molar-refractivity contribution in [3.63, 3.8) is 0 Å². The molecule has 0 unspecified atom stereocenters. The van der Waals surface area contributed by atoms with Crippen LogP contribution in [0.25, 0.3) is 10.9 Å². The van der Waals surface area contributed by atoms with Crippen molar-refractivity contribution in [2.45, 2.75) is 32.7 Å². The lowest BCUT2D eigenvalue weighted by atomic mass is 10.0. The van der Waals surface area contributed by atoms with Crippen molar-refractivity contribution in [3.05, 3.63) is 62.8 Å². The number of aromatic nitrogens is 2. The minimum Gasteiger partial charge on any atom is -0.348 e. The monoisotopic (exact) mass is 369 g/mol. The van der Waals surface area contributed by atoms with Crippen molar-refractivity contribution >= 4 is 28.1 Å². The fourth-order valence-electron chi connectivity index (χ4n) is 2.99. The predicted octanol–water partition coefficient (Wildman–Crippen LogP) is 3.44. The fourth-order valence-corrected chi connectivity index (χ4v) is 3.94. The van der Waals surface area contributed by atoms with Crippen LogP contribution in [-0.4, -0.2) is 15.5 Å². The third-order valence-corrected chi connectivity index (χ3v) is 5.44. The molecule has 0 aliphatic heterocycles. The molecule has 0 aliphatic carbocycles. The largest absolute Gasteiger partial charge is 0.348 e. The normalized spacial score (nSPS) is 12.5. The van der Waals surface area contributed by atoms with Crippen molar-refractivity contribution in [3.8, 4) is 0 Å². The van der Waals surface area contributed by atoms with Crippen LogP contribution < -0.4 is 10.9 Å². The number of benzene rings is 1. The molecule has 26 heavy (non-hydrogen) atoms. The molecule has 1 N–H and O–H groups in total. The van der Waals surface area contributed by atoms with Crippen LogP contribution in [0.1, 0.15) is 37.0 Å². The number of hydrogen-bond acceptors (Lipinski definition) is 4. The number of carbonyl (C=O) groups excluding carboxylic acids is 1. The van der Waals surface area contributed by atoms with Crippen LogP contribution >= 0.6 is 11.3 Å². The van der Waals surface area contributed by atoms with Gasteiger partial charge in [0.15, 0.2) is 0 Å². The van der Waals surface area contributed by atoms with E-state index in [2.05, 4.69) is 24.1 Å². The van der Waals surface area contributed by atoms with Gasteiger partial charge in [0.1, 0.15) is 5.82 Å². The van der Waals surface area contributed by atoms with Gasteiger partial charge in [-0.1, -0.05) is 32.0 Å². The lowest BCUT2D eigenvalue weighted by molar-refractivity contribution is -0.122. The van der Waals surface area contributed by atoms with E-state index in [-0.39, 0.29) is 17.5 Å². The number of fused-ring (bicyclic) bond motifs is 1. The van der Waals surface area contributed by atoms with Gasteiger partial charge in [-0.3, -0.25) is 14.2 Å². The number of amides is 1. The lowest BCUT2D eigenvalue weighted by Crippen LogP contribution is -2.32. The van der Waals surface area contributed by atoms with Gasteiger partial charge < -0.3 is 5.32 Å². The molecule has 0 fully saturated rings. The number of thiophene rings is 1. The summed E-state index contributed by atoms with van der Waals surface area (Å²) in [4.78, 5) is 30.6. The van der Waals surface area contributed by atoms with E-state index >= 15 is 0 Å². The summed E-state index contributed by atoms with van der Waals surface area (Å²) in [5.74, 6) is 0.904. The average Bonchev–Trinajstić information content (AvgIpc) is 3.15. The Balaban J connectivity index is 1.72. The SMILES string of the molecule is CC(C)[C@H](NC(=O)CCc1nc2ccccc2c(=O)n1C)c1cccs1. The zero-order chi connectivity index (χ0) is 18.7. The number of nitrogens with zero attached hydrogens (tertiary/aromatic N) is 2. The highest BCUT2D eigenvalue weighted by Gasteiger charge is 2.19. The molecule has 1 atom stereocenters. The summed E-state index contributed by atoms with van der Waals surface area (Å²) in [5, 5.41) is 5.73. The van der Waals surface area contributed by atoms with Gasteiger partial charge in [-0.05, 0) is 29.5 Å². The van der Waals surface area contributed by atoms with E-state index in [1.54, 1.807) is 24.5 Å². The Labute approximate surface area is 156 Å². The quantitative estimate of drug-likeness (QED) is 0.724. The first-order valence-corrected chi connectivity index (χ1v) is 9.62. The summed E-state index contributed by atoms with van der Waals surface area (Å²) in [5.41, 5.74) is 0.592. The number of para-hydroxylation sites is 1. The molecule has 136 valence electrons. The lowest BCUT2D eigenvalue weighted by Gasteiger charge is -2.21. The van der Waals surface area contributed by atoms with E-state index in [9.17, 15) is 9.59 Å². The molecule has 0 saturated carbocycles. The van der Waals surface area contributed by atoms with Crippen molar-refractivity contribution in [1.82, 2.24) is 14.9 Å². The molecule has 1 amide bonds. The van der Waals surface area contributed by atoms with Crippen LogP contribution in [0.3, 0.4) is 0 Å². The molecule has 3 aromatic rings. The van der Waals surface area contributed by atoms with Gasteiger partial charge in [0.25, 0.3) is 5.56 Å². The first-order chi connectivity index (χ1) is 12.5. The van der Waals surface area contributed by atoms with Gasteiger partial charge in [-0.25, -0.2) is 4.98 Å². The van der Waals surface area contributed by atoms with Crippen molar-refractivity contribution < 1.29 is 4.79 Å². The average molecular weight is 369 g/mol. The standard InChI is InChI=1S/C20H23N3O2S/c1-13(2)19(16-9-6-12-26-16)22-18(24)11-10-17-21-15-8-5-4-7-14(15)20(25)23(17)3/h4-9,12-13,19H,10-11H2,1-3H3,(H,22,24)/t19-/m0/s1. The Morgan fingerprint density at radius 2 is 2.00 bits per heavy atom. The molecule has 2 heterocycles. The zero-order valence-electron chi connectivity index (χ0n) is 15.2. The topological polar surface area (TPSA) is 64.0 Å². The Morgan fingerprint density at radius 1 is 1.23 bits per heavy atom. The molecule has 5 nitrogen and oxygen atoms in total. The Morgan fingerprint density at radius 3 is 2.69 bits per heavy atom. The van der Waals surface area contributed by atoms with Crippen molar-refractivity contribution in [2.24, 2.45) is 13.0 Å². The maximum atomic E-state index is 12.5. The molecular formula is C20H23N3O2S. The number of carbonyl (C=O) groups is 1. The summed E-state index contributed by atoms with van der Waals surface area (Å²) < 4.78 is 1.54. The van der Waals surface area contributed by atoms with Crippen LogP contribution in [-0.2, 0) is 18.3 Å². The van der Waals surface area contributed by atoms with Crippen LogP contribution in [0.5, 0.6) is 0 Å². The molecule has 3 rings (SSSR count). The van der Waals surface area contributed by atoms with E-state index in [0.717, 1.165) is 4.88 Å². The van der Waals surface area contributed by atoms with E-state index < -0.39 is 0 Å². The third-order valence-electron chi connectivity index (χ3n) is 4.48. The van der Waals surface area contributed by atoms with Crippen LogP contribution in [0.2, 0.25) is 0 Å². The van der Waals surface area contributed by atoms with Gasteiger partial charge in [-0.2, -0.15) is 0 Å². The number of hydrogen-bond donors (Lipinski definition) is 1. The molecule has 1 aromatic carbocycles. The van der Waals surface area contributed by atoms with E-state index in [1.165, 1.54) is 4.57 Å². The van der Waals surface area contributed by atoms with Gasteiger partial charge in [-0.15, -0.1) is 11.3 Å². The highest BCUT2D eigenvalue weighted by atomic mass is 32.1.